The van der Waals surface area contributed by atoms with E-state index in [1.165, 1.54) is 0 Å². The largest absolute Gasteiger partial charge is 0.508 e. The fourth-order valence-corrected chi connectivity index (χ4v) is 3.64. The Morgan fingerprint density at radius 3 is 2.37 bits per heavy atom. The lowest BCUT2D eigenvalue weighted by molar-refractivity contribution is 0.105. The molecule has 0 saturated heterocycles. The molecule has 0 unspecified atom stereocenters. The number of rotatable bonds is 4. The number of aryl methyl sites for hydroxylation is 1. The van der Waals surface area contributed by atoms with Crippen molar-refractivity contribution in [1.82, 2.24) is 0 Å². The lowest BCUT2D eigenvalue weighted by Gasteiger charge is -2.24. The number of carbonyl (C=O) groups is 1. The van der Waals surface area contributed by atoms with Crippen molar-refractivity contribution in [2.24, 2.45) is 0 Å². The van der Waals surface area contributed by atoms with Crippen LogP contribution >= 0.6 is 0 Å². The second kappa shape index (κ2) is 7.12. The van der Waals surface area contributed by atoms with Crippen LogP contribution in [0, 0.1) is 0 Å². The molecule has 0 saturated carbocycles. The van der Waals surface area contributed by atoms with Crippen molar-refractivity contribution in [3.05, 3.63) is 95.1 Å². The van der Waals surface area contributed by atoms with Gasteiger partial charge in [0.1, 0.15) is 11.5 Å². The normalized spacial score (nSPS) is 13.2. The maximum absolute atomic E-state index is 13.4. The standard InChI is InChI=1S/C24H20O3/c1-27-20-12-14-22-18(15-20)9-13-21(16-5-3-2-4-6-16)23(22)24(26)17-7-10-19(25)11-8-17/h2-8,10-12,14-15,25H,9,13H2,1H3. The fourth-order valence-electron chi connectivity index (χ4n) is 3.64. The molecule has 0 aromatic heterocycles. The van der Waals surface area contributed by atoms with E-state index in [9.17, 15) is 9.90 Å². The third-order valence-corrected chi connectivity index (χ3v) is 5.01. The van der Waals surface area contributed by atoms with E-state index >= 15 is 0 Å². The summed E-state index contributed by atoms with van der Waals surface area (Å²) in [6.45, 7) is 0. The third kappa shape index (κ3) is 3.24. The molecular formula is C24H20O3. The Balaban J connectivity index is 1.91. The summed E-state index contributed by atoms with van der Waals surface area (Å²) in [6.07, 6.45) is 1.66. The van der Waals surface area contributed by atoms with Gasteiger partial charge < -0.3 is 9.84 Å². The molecule has 3 aromatic carbocycles. The predicted octanol–water partition coefficient (Wildman–Crippen LogP) is 5.14. The van der Waals surface area contributed by atoms with Crippen LogP contribution in [-0.4, -0.2) is 18.0 Å². The zero-order valence-electron chi connectivity index (χ0n) is 15.1. The lowest BCUT2D eigenvalue weighted by Crippen LogP contribution is -2.12. The Morgan fingerprint density at radius 2 is 1.67 bits per heavy atom. The van der Waals surface area contributed by atoms with Crippen molar-refractivity contribution in [2.75, 3.05) is 7.11 Å². The number of phenols is 1. The highest BCUT2D eigenvalue weighted by molar-refractivity contribution is 6.35. The van der Waals surface area contributed by atoms with Gasteiger partial charge in [0.25, 0.3) is 0 Å². The SMILES string of the molecule is COc1ccc2c(c1)CCC(c1ccccc1)=C2C(=O)c1ccc(O)cc1. The number of allylic oxidation sites excluding steroid dienone is 2. The van der Waals surface area contributed by atoms with Crippen LogP contribution in [0.25, 0.3) is 11.1 Å². The van der Waals surface area contributed by atoms with E-state index in [0.717, 1.165) is 46.4 Å². The molecule has 134 valence electrons. The van der Waals surface area contributed by atoms with Gasteiger partial charge in [-0.05, 0) is 71.5 Å². The van der Waals surface area contributed by atoms with Crippen molar-refractivity contribution in [3.63, 3.8) is 0 Å². The van der Waals surface area contributed by atoms with Gasteiger partial charge in [-0.25, -0.2) is 0 Å². The monoisotopic (exact) mass is 356 g/mol. The van der Waals surface area contributed by atoms with E-state index in [4.69, 9.17) is 4.74 Å². The third-order valence-electron chi connectivity index (χ3n) is 5.01. The molecule has 0 aliphatic heterocycles. The van der Waals surface area contributed by atoms with Gasteiger partial charge in [-0.2, -0.15) is 0 Å². The van der Waals surface area contributed by atoms with Crippen LogP contribution in [0.1, 0.15) is 33.5 Å². The van der Waals surface area contributed by atoms with E-state index < -0.39 is 0 Å². The average molecular weight is 356 g/mol. The van der Waals surface area contributed by atoms with E-state index in [-0.39, 0.29) is 11.5 Å². The Kier molecular flexibility index (Phi) is 4.51. The first-order valence-corrected chi connectivity index (χ1v) is 8.97. The minimum absolute atomic E-state index is 0.0278. The molecule has 3 aromatic rings. The highest BCUT2D eigenvalue weighted by Crippen LogP contribution is 2.40. The quantitative estimate of drug-likeness (QED) is 0.658. The molecule has 1 aliphatic rings. The first-order chi connectivity index (χ1) is 13.2. The highest BCUT2D eigenvalue weighted by Gasteiger charge is 2.26. The summed E-state index contributed by atoms with van der Waals surface area (Å²) < 4.78 is 5.36. The summed E-state index contributed by atoms with van der Waals surface area (Å²) in [7, 11) is 1.65. The Hall–Kier alpha value is -3.33. The number of hydrogen-bond donors (Lipinski definition) is 1. The maximum atomic E-state index is 13.4. The minimum Gasteiger partial charge on any atom is -0.508 e. The smallest absolute Gasteiger partial charge is 0.193 e. The maximum Gasteiger partial charge on any atom is 0.193 e. The minimum atomic E-state index is -0.0278. The molecule has 27 heavy (non-hydrogen) atoms. The summed E-state index contributed by atoms with van der Waals surface area (Å²) in [5.74, 6) is 0.922. The molecule has 1 aliphatic carbocycles. The Morgan fingerprint density at radius 1 is 0.926 bits per heavy atom. The molecule has 0 spiro atoms. The number of ether oxygens (including phenoxy) is 1. The second-order valence-electron chi connectivity index (χ2n) is 6.62. The molecule has 0 bridgehead atoms. The number of aromatic hydroxyl groups is 1. The zero-order valence-corrected chi connectivity index (χ0v) is 15.1. The first kappa shape index (κ1) is 17.1. The van der Waals surface area contributed by atoms with Gasteiger partial charge in [0, 0.05) is 11.1 Å². The van der Waals surface area contributed by atoms with Gasteiger partial charge in [0.15, 0.2) is 5.78 Å². The van der Waals surface area contributed by atoms with Crippen molar-refractivity contribution in [1.29, 1.82) is 0 Å². The van der Waals surface area contributed by atoms with Gasteiger partial charge in [0.05, 0.1) is 7.11 Å². The van der Waals surface area contributed by atoms with Gasteiger partial charge in [0.2, 0.25) is 0 Å². The number of fused-ring (bicyclic) bond motifs is 1. The first-order valence-electron chi connectivity index (χ1n) is 8.97. The summed E-state index contributed by atoms with van der Waals surface area (Å²) in [5.41, 5.74) is 5.51. The summed E-state index contributed by atoms with van der Waals surface area (Å²) >= 11 is 0. The van der Waals surface area contributed by atoms with Crippen LogP contribution in [0.15, 0.2) is 72.8 Å². The van der Waals surface area contributed by atoms with Crippen LogP contribution in [-0.2, 0) is 6.42 Å². The van der Waals surface area contributed by atoms with Gasteiger partial charge in [-0.15, -0.1) is 0 Å². The molecule has 4 rings (SSSR count). The lowest BCUT2D eigenvalue weighted by atomic mass is 9.79. The Bertz CT molecular complexity index is 1020. The molecule has 0 fully saturated rings. The average Bonchev–Trinajstić information content (AvgIpc) is 2.73. The number of carbonyl (C=O) groups excluding carboxylic acids is 1. The number of ketones is 1. The summed E-state index contributed by atoms with van der Waals surface area (Å²) in [6, 6.07) is 22.4. The number of phenolic OH excluding ortho intramolecular Hbond substituents is 1. The molecule has 0 atom stereocenters. The zero-order chi connectivity index (χ0) is 18.8. The topological polar surface area (TPSA) is 46.5 Å². The molecule has 3 heteroatoms. The van der Waals surface area contributed by atoms with E-state index in [1.807, 2.05) is 48.5 Å². The van der Waals surface area contributed by atoms with E-state index in [0.29, 0.717) is 5.56 Å². The van der Waals surface area contributed by atoms with Gasteiger partial charge >= 0.3 is 0 Å². The Labute approximate surface area is 158 Å². The summed E-state index contributed by atoms with van der Waals surface area (Å²) in [4.78, 5) is 13.4. The number of methoxy groups -OCH3 is 1. The van der Waals surface area contributed by atoms with Crippen molar-refractivity contribution >= 4 is 16.9 Å². The number of Topliss-reactive ketones (excluding diaryl/α,β-unsaturated/α-hetero) is 1. The van der Waals surface area contributed by atoms with Gasteiger partial charge in [-0.1, -0.05) is 36.4 Å². The van der Waals surface area contributed by atoms with Crippen LogP contribution in [0.2, 0.25) is 0 Å². The van der Waals surface area contributed by atoms with Crippen LogP contribution in [0.3, 0.4) is 0 Å². The number of benzene rings is 3. The molecule has 0 amide bonds. The highest BCUT2D eigenvalue weighted by atomic mass is 16.5. The van der Waals surface area contributed by atoms with Crippen LogP contribution in [0.5, 0.6) is 11.5 Å². The number of hydrogen-bond acceptors (Lipinski definition) is 3. The fraction of sp³-hybridized carbons (Fsp3) is 0.125. The molecule has 0 heterocycles. The van der Waals surface area contributed by atoms with E-state index in [1.54, 1.807) is 31.4 Å². The van der Waals surface area contributed by atoms with Gasteiger partial charge in [-0.3, -0.25) is 4.79 Å². The molecule has 3 nitrogen and oxygen atoms in total. The van der Waals surface area contributed by atoms with Crippen molar-refractivity contribution < 1.29 is 14.6 Å². The second-order valence-corrected chi connectivity index (χ2v) is 6.62. The molecular weight excluding hydrogens is 336 g/mol. The molecule has 1 N–H and O–H groups in total. The van der Waals surface area contributed by atoms with E-state index in [2.05, 4.69) is 0 Å². The molecule has 0 radical (unpaired) electrons. The summed E-state index contributed by atoms with van der Waals surface area (Å²) in [5, 5.41) is 9.56. The van der Waals surface area contributed by atoms with Crippen LogP contribution in [0.4, 0.5) is 0 Å². The van der Waals surface area contributed by atoms with Crippen LogP contribution < -0.4 is 4.74 Å². The van der Waals surface area contributed by atoms with Crippen molar-refractivity contribution in [3.8, 4) is 11.5 Å². The predicted molar refractivity (Wildman–Crippen MR) is 107 cm³/mol. The van der Waals surface area contributed by atoms with Crippen molar-refractivity contribution in [2.45, 2.75) is 12.8 Å².